The molecular weight excluding hydrogens is 210 g/mol. The van der Waals surface area contributed by atoms with Crippen molar-refractivity contribution in [3.63, 3.8) is 0 Å². The fraction of sp³-hybridized carbons (Fsp3) is 0.818. The summed E-state index contributed by atoms with van der Waals surface area (Å²) in [7, 11) is -2.90. The molecule has 0 spiro atoms. The molecule has 0 aromatic heterocycles. The van der Waals surface area contributed by atoms with Gasteiger partial charge in [0.15, 0.2) is 9.84 Å². The van der Waals surface area contributed by atoms with Gasteiger partial charge in [0.2, 0.25) is 0 Å². The van der Waals surface area contributed by atoms with Gasteiger partial charge in [0.25, 0.3) is 0 Å². The zero-order valence-electron chi connectivity index (χ0n) is 9.22. The van der Waals surface area contributed by atoms with E-state index in [4.69, 9.17) is 0 Å². The summed E-state index contributed by atoms with van der Waals surface area (Å²) in [5, 5.41) is 1.39. The van der Waals surface area contributed by atoms with Crippen LogP contribution < -0.4 is 0 Å². The summed E-state index contributed by atoms with van der Waals surface area (Å²) in [6.07, 6.45) is 6.72. The number of sulfone groups is 1. The third kappa shape index (κ3) is 2.42. The molecule has 2 rings (SSSR count). The van der Waals surface area contributed by atoms with Crippen LogP contribution in [-0.4, -0.2) is 37.7 Å². The maximum Gasteiger partial charge on any atom is 0.173 e. The topological polar surface area (TPSA) is 37.4 Å². The van der Waals surface area contributed by atoms with Crippen LogP contribution in [0.3, 0.4) is 0 Å². The Morgan fingerprint density at radius 3 is 2.80 bits per heavy atom. The van der Waals surface area contributed by atoms with E-state index in [1.807, 2.05) is 6.08 Å². The van der Waals surface area contributed by atoms with E-state index in [1.54, 1.807) is 0 Å². The van der Waals surface area contributed by atoms with Crippen molar-refractivity contribution in [2.24, 2.45) is 0 Å². The molecule has 86 valence electrons. The van der Waals surface area contributed by atoms with Crippen molar-refractivity contribution in [1.82, 2.24) is 4.90 Å². The lowest BCUT2D eigenvalue weighted by Crippen LogP contribution is -2.46. The molecule has 3 nitrogen and oxygen atoms in total. The number of likely N-dealkylation sites (tertiary alicyclic amines) is 1. The van der Waals surface area contributed by atoms with E-state index in [1.165, 1.54) is 24.7 Å². The summed E-state index contributed by atoms with van der Waals surface area (Å²) in [6, 6.07) is 0.724. The molecule has 0 bridgehead atoms. The van der Waals surface area contributed by atoms with E-state index in [9.17, 15) is 8.42 Å². The molecule has 0 amide bonds. The van der Waals surface area contributed by atoms with E-state index in [2.05, 4.69) is 11.8 Å². The van der Waals surface area contributed by atoms with Crippen LogP contribution in [0.25, 0.3) is 0 Å². The third-order valence-electron chi connectivity index (χ3n) is 3.48. The predicted molar refractivity (Wildman–Crippen MR) is 61.4 cm³/mol. The Balaban J connectivity index is 2.07. The van der Waals surface area contributed by atoms with E-state index in [-0.39, 0.29) is 6.04 Å². The van der Waals surface area contributed by atoms with Gasteiger partial charge in [-0.25, -0.2) is 8.42 Å². The molecule has 4 heteroatoms. The molecule has 15 heavy (non-hydrogen) atoms. The van der Waals surface area contributed by atoms with Crippen LogP contribution in [-0.2, 0) is 9.84 Å². The SMILES string of the molecule is CCC1CCCCN1C1C=CS(=O)(=O)C1. The predicted octanol–water partition coefficient (Wildman–Crippen LogP) is 1.56. The van der Waals surface area contributed by atoms with Crippen molar-refractivity contribution in [3.8, 4) is 0 Å². The van der Waals surface area contributed by atoms with E-state index < -0.39 is 9.84 Å². The Labute approximate surface area is 92.1 Å². The summed E-state index contributed by atoms with van der Waals surface area (Å²) >= 11 is 0. The minimum absolute atomic E-state index is 0.139. The maximum absolute atomic E-state index is 11.4. The van der Waals surface area contributed by atoms with Crippen molar-refractivity contribution in [2.75, 3.05) is 12.3 Å². The van der Waals surface area contributed by atoms with Gasteiger partial charge in [-0.15, -0.1) is 0 Å². The third-order valence-corrected chi connectivity index (χ3v) is 4.86. The summed E-state index contributed by atoms with van der Waals surface area (Å²) in [4.78, 5) is 2.38. The van der Waals surface area contributed by atoms with Gasteiger partial charge >= 0.3 is 0 Å². The van der Waals surface area contributed by atoms with Crippen LogP contribution in [0.15, 0.2) is 11.5 Å². The summed E-state index contributed by atoms with van der Waals surface area (Å²) in [5.74, 6) is 0.295. The standard InChI is InChI=1S/C11H19NO2S/c1-2-10-5-3-4-7-12(10)11-6-8-15(13,14)9-11/h6,8,10-11H,2-5,7,9H2,1H3. The van der Waals surface area contributed by atoms with Crippen LogP contribution in [0.5, 0.6) is 0 Å². The molecular formula is C11H19NO2S. The molecule has 0 aromatic carbocycles. The largest absolute Gasteiger partial charge is 0.293 e. The lowest BCUT2D eigenvalue weighted by Gasteiger charge is -2.38. The first-order valence-electron chi connectivity index (χ1n) is 5.79. The molecule has 0 aliphatic carbocycles. The van der Waals surface area contributed by atoms with Crippen LogP contribution in [0.1, 0.15) is 32.6 Å². The highest BCUT2D eigenvalue weighted by Gasteiger charge is 2.32. The van der Waals surface area contributed by atoms with Crippen molar-refractivity contribution < 1.29 is 8.42 Å². The molecule has 1 saturated heterocycles. The minimum atomic E-state index is -2.90. The zero-order valence-corrected chi connectivity index (χ0v) is 10.0. The zero-order chi connectivity index (χ0) is 10.9. The smallest absolute Gasteiger partial charge is 0.173 e. The molecule has 2 aliphatic heterocycles. The number of hydrogen-bond acceptors (Lipinski definition) is 3. The van der Waals surface area contributed by atoms with Gasteiger partial charge in [-0.1, -0.05) is 19.4 Å². The second kappa shape index (κ2) is 4.26. The van der Waals surface area contributed by atoms with Crippen LogP contribution in [0.4, 0.5) is 0 Å². The number of piperidine rings is 1. The minimum Gasteiger partial charge on any atom is -0.293 e. The van der Waals surface area contributed by atoms with Crippen LogP contribution in [0.2, 0.25) is 0 Å². The quantitative estimate of drug-likeness (QED) is 0.721. The molecule has 0 N–H and O–H groups in total. The molecule has 2 heterocycles. The van der Waals surface area contributed by atoms with E-state index in [0.29, 0.717) is 11.8 Å². The van der Waals surface area contributed by atoms with Crippen molar-refractivity contribution in [3.05, 3.63) is 11.5 Å². The second-order valence-corrected chi connectivity index (χ2v) is 6.45. The summed E-state index contributed by atoms with van der Waals surface area (Å²) in [5.41, 5.74) is 0. The van der Waals surface area contributed by atoms with Gasteiger partial charge in [0, 0.05) is 17.5 Å². The molecule has 2 atom stereocenters. The van der Waals surface area contributed by atoms with Crippen LogP contribution in [0, 0.1) is 0 Å². The number of hydrogen-bond donors (Lipinski definition) is 0. The van der Waals surface area contributed by atoms with E-state index >= 15 is 0 Å². The molecule has 2 unspecified atom stereocenters. The Morgan fingerprint density at radius 2 is 2.20 bits per heavy atom. The highest BCUT2D eigenvalue weighted by atomic mass is 32.2. The van der Waals surface area contributed by atoms with Gasteiger partial charge in [-0.2, -0.15) is 0 Å². The van der Waals surface area contributed by atoms with Crippen molar-refractivity contribution in [1.29, 1.82) is 0 Å². The fourth-order valence-electron chi connectivity index (χ4n) is 2.66. The van der Waals surface area contributed by atoms with Gasteiger partial charge in [-0.3, -0.25) is 4.90 Å². The number of rotatable bonds is 2. The van der Waals surface area contributed by atoms with Gasteiger partial charge < -0.3 is 0 Å². The number of nitrogens with zero attached hydrogens (tertiary/aromatic N) is 1. The highest BCUT2D eigenvalue weighted by Crippen LogP contribution is 2.25. The molecule has 0 aromatic rings. The van der Waals surface area contributed by atoms with Gasteiger partial charge in [0.05, 0.1) is 5.75 Å². The normalized spacial score (nSPS) is 35.8. The Bertz CT molecular complexity index is 348. The Kier molecular flexibility index (Phi) is 3.16. The van der Waals surface area contributed by atoms with Crippen LogP contribution >= 0.6 is 0 Å². The average Bonchev–Trinajstić information content (AvgIpc) is 2.59. The molecule has 0 saturated carbocycles. The molecule has 0 radical (unpaired) electrons. The highest BCUT2D eigenvalue weighted by molar-refractivity contribution is 7.94. The summed E-state index contributed by atoms with van der Waals surface area (Å²) < 4.78 is 22.7. The van der Waals surface area contributed by atoms with Crippen molar-refractivity contribution >= 4 is 9.84 Å². The lowest BCUT2D eigenvalue weighted by molar-refractivity contribution is 0.123. The fourth-order valence-corrected chi connectivity index (χ4v) is 3.97. The molecule has 2 aliphatic rings. The van der Waals surface area contributed by atoms with E-state index in [0.717, 1.165) is 13.0 Å². The Morgan fingerprint density at radius 1 is 1.40 bits per heavy atom. The maximum atomic E-state index is 11.4. The first-order chi connectivity index (χ1) is 7.12. The first kappa shape index (κ1) is 11.1. The summed E-state index contributed by atoms with van der Waals surface area (Å²) in [6.45, 7) is 3.25. The van der Waals surface area contributed by atoms with Gasteiger partial charge in [0.1, 0.15) is 0 Å². The lowest BCUT2D eigenvalue weighted by atomic mass is 9.98. The van der Waals surface area contributed by atoms with Crippen molar-refractivity contribution in [2.45, 2.75) is 44.7 Å². The molecule has 1 fully saturated rings. The monoisotopic (exact) mass is 229 g/mol. The second-order valence-electron chi connectivity index (χ2n) is 4.52. The average molecular weight is 229 g/mol. The van der Waals surface area contributed by atoms with Gasteiger partial charge in [-0.05, 0) is 25.8 Å². The Hall–Kier alpha value is -0.350. The first-order valence-corrected chi connectivity index (χ1v) is 7.50.